The minimum absolute atomic E-state index is 0.129. The highest BCUT2D eigenvalue weighted by Crippen LogP contribution is 2.64. The van der Waals surface area contributed by atoms with Gasteiger partial charge in [-0.05, 0) is 12.3 Å². The van der Waals surface area contributed by atoms with E-state index in [2.05, 4.69) is 0 Å². The Kier molecular flexibility index (Phi) is 2.39. The second kappa shape index (κ2) is 3.29. The second-order valence-corrected chi connectivity index (χ2v) is 5.66. The molecule has 1 saturated carbocycles. The molecule has 0 aromatic heterocycles. The van der Waals surface area contributed by atoms with Gasteiger partial charge in [-0.1, -0.05) is 13.8 Å². The molecule has 2 aliphatic rings. The zero-order chi connectivity index (χ0) is 15.0. The highest BCUT2D eigenvalue weighted by molar-refractivity contribution is 6.13. The van der Waals surface area contributed by atoms with Crippen LogP contribution in [-0.4, -0.2) is 39.5 Å². The van der Waals surface area contributed by atoms with Crippen molar-refractivity contribution in [2.75, 3.05) is 0 Å². The van der Waals surface area contributed by atoms with Gasteiger partial charge in [-0.25, -0.2) is 4.79 Å². The minimum atomic E-state index is -5.23. The molecule has 5 nitrogen and oxygen atoms in total. The van der Waals surface area contributed by atoms with Crippen LogP contribution in [0.3, 0.4) is 0 Å². The summed E-state index contributed by atoms with van der Waals surface area (Å²) < 4.78 is 38.9. The van der Waals surface area contributed by atoms with E-state index in [0.29, 0.717) is 6.92 Å². The van der Waals surface area contributed by atoms with Crippen LogP contribution in [0.2, 0.25) is 0 Å². The molecule has 0 aromatic carbocycles. The first kappa shape index (κ1) is 13.8. The molecule has 1 N–H and O–H groups in total. The Morgan fingerprint density at radius 2 is 1.58 bits per heavy atom. The lowest BCUT2D eigenvalue weighted by Crippen LogP contribution is -2.65. The summed E-state index contributed by atoms with van der Waals surface area (Å²) in [4.78, 5) is 34.7. The number of carbonyl (C=O) groups excluding carboxylic acids is 2. The van der Waals surface area contributed by atoms with Gasteiger partial charge in [-0.2, -0.15) is 13.2 Å². The molecule has 0 radical (unpaired) electrons. The number of amides is 2. The molecule has 2 rings (SSSR count). The van der Waals surface area contributed by atoms with Gasteiger partial charge in [0.05, 0.1) is 11.8 Å². The third kappa shape index (κ3) is 1.39. The quantitative estimate of drug-likeness (QED) is 0.766. The van der Waals surface area contributed by atoms with E-state index in [1.165, 1.54) is 0 Å². The number of likely N-dealkylation sites (tertiary alicyclic amines) is 1. The van der Waals surface area contributed by atoms with E-state index in [4.69, 9.17) is 5.11 Å². The standard InChI is InChI=1S/C11H12F3NO4/c1-9(2)4-5(9)7(17)15(6(4)16)10(3,8(18)19)11(12,13)14/h4-5H,1-3H3,(H,18,19). The number of rotatable bonds is 2. The highest BCUT2D eigenvalue weighted by atomic mass is 19.4. The third-order valence-electron chi connectivity index (χ3n) is 4.22. The van der Waals surface area contributed by atoms with Crippen molar-refractivity contribution in [3.63, 3.8) is 0 Å². The van der Waals surface area contributed by atoms with E-state index in [1.54, 1.807) is 13.8 Å². The monoisotopic (exact) mass is 279 g/mol. The Balaban J connectivity index is 2.46. The second-order valence-electron chi connectivity index (χ2n) is 5.66. The Labute approximate surface area is 106 Å². The van der Waals surface area contributed by atoms with Crippen LogP contribution < -0.4 is 0 Å². The van der Waals surface area contributed by atoms with Gasteiger partial charge < -0.3 is 5.11 Å². The van der Waals surface area contributed by atoms with Crippen molar-refractivity contribution < 1.29 is 32.7 Å². The Morgan fingerprint density at radius 1 is 1.21 bits per heavy atom. The lowest BCUT2D eigenvalue weighted by molar-refractivity contribution is -0.231. The number of fused-ring (bicyclic) bond motifs is 1. The summed E-state index contributed by atoms with van der Waals surface area (Å²) in [6, 6.07) is 0. The van der Waals surface area contributed by atoms with E-state index in [0.717, 1.165) is 0 Å². The van der Waals surface area contributed by atoms with Crippen molar-refractivity contribution in [1.29, 1.82) is 0 Å². The average molecular weight is 279 g/mol. The maximum absolute atomic E-state index is 13.0. The molecule has 3 unspecified atom stereocenters. The Hall–Kier alpha value is -1.60. The van der Waals surface area contributed by atoms with Crippen molar-refractivity contribution in [2.45, 2.75) is 32.5 Å². The van der Waals surface area contributed by atoms with Crippen LogP contribution >= 0.6 is 0 Å². The normalized spacial score (nSPS) is 32.0. The maximum Gasteiger partial charge on any atom is 0.422 e. The minimum Gasteiger partial charge on any atom is -0.479 e. The summed E-state index contributed by atoms with van der Waals surface area (Å²) in [5, 5.41) is 8.83. The van der Waals surface area contributed by atoms with Crippen molar-refractivity contribution in [1.82, 2.24) is 4.90 Å². The van der Waals surface area contributed by atoms with Gasteiger partial charge in [0.1, 0.15) is 0 Å². The number of hydrogen-bond acceptors (Lipinski definition) is 3. The van der Waals surface area contributed by atoms with Gasteiger partial charge in [0.2, 0.25) is 17.4 Å². The molecule has 1 saturated heterocycles. The molecule has 1 heterocycles. The average Bonchev–Trinajstić information content (AvgIpc) is 2.66. The van der Waals surface area contributed by atoms with Gasteiger partial charge in [0.25, 0.3) is 0 Å². The van der Waals surface area contributed by atoms with E-state index >= 15 is 0 Å². The van der Waals surface area contributed by atoms with E-state index in [-0.39, 0.29) is 4.90 Å². The zero-order valence-corrected chi connectivity index (χ0v) is 10.4. The van der Waals surface area contributed by atoms with Crippen LogP contribution in [0.4, 0.5) is 13.2 Å². The molecule has 0 bridgehead atoms. The van der Waals surface area contributed by atoms with Crippen molar-refractivity contribution in [2.24, 2.45) is 17.3 Å². The number of alkyl halides is 3. The number of carboxylic acid groups (broad SMARTS) is 1. The van der Waals surface area contributed by atoms with Crippen molar-refractivity contribution in [3.8, 4) is 0 Å². The van der Waals surface area contributed by atoms with Crippen molar-refractivity contribution >= 4 is 17.8 Å². The number of carboxylic acids is 1. The number of imide groups is 1. The molecule has 8 heteroatoms. The van der Waals surface area contributed by atoms with Crippen LogP contribution in [0.25, 0.3) is 0 Å². The summed E-state index contributed by atoms with van der Waals surface area (Å²) in [5.41, 5.74) is -4.19. The van der Waals surface area contributed by atoms with Crippen LogP contribution in [0.15, 0.2) is 0 Å². The first-order chi connectivity index (χ1) is 8.38. The summed E-state index contributed by atoms with van der Waals surface area (Å²) in [7, 11) is 0. The fourth-order valence-electron chi connectivity index (χ4n) is 2.73. The van der Waals surface area contributed by atoms with Gasteiger partial charge in [-0.15, -0.1) is 0 Å². The van der Waals surface area contributed by atoms with Crippen LogP contribution in [0, 0.1) is 17.3 Å². The van der Waals surface area contributed by atoms with Gasteiger partial charge in [0, 0.05) is 0 Å². The summed E-state index contributed by atoms with van der Waals surface area (Å²) in [6.45, 7) is 3.53. The van der Waals surface area contributed by atoms with Gasteiger partial charge >= 0.3 is 12.1 Å². The molecule has 2 amide bonds. The lowest BCUT2D eigenvalue weighted by atomic mass is 9.96. The molecule has 1 aliphatic carbocycles. The molecule has 2 fully saturated rings. The lowest BCUT2D eigenvalue weighted by Gasteiger charge is -2.36. The smallest absolute Gasteiger partial charge is 0.422 e. The molecule has 106 valence electrons. The van der Waals surface area contributed by atoms with Crippen LogP contribution in [-0.2, 0) is 14.4 Å². The molecule has 1 aliphatic heterocycles. The fourth-order valence-corrected chi connectivity index (χ4v) is 2.73. The number of aliphatic carboxylic acids is 1. The topological polar surface area (TPSA) is 74.7 Å². The zero-order valence-electron chi connectivity index (χ0n) is 10.4. The summed E-state index contributed by atoms with van der Waals surface area (Å²) in [6.07, 6.45) is -5.23. The fraction of sp³-hybridized carbons (Fsp3) is 0.727. The third-order valence-corrected chi connectivity index (χ3v) is 4.22. The van der Waals surface area contributed by atoms with Crippen LogP contribution in [0.1, 0.15) is 20.8 Å². The highest BCUT2D eigenvalue weighted by Gasteiger charge is 2.78. The molecule has 3 atom stereocenters. The molecular formula is C11H12F3NO4. The van der Waals surface area contributed by atoms with E-state index in [9.17, 15) is 27.6 Å². The van der Waals surface area contributed by atoms with Crippen molar-refractivity contribution in [3.05, 3.63) is 0 Å². The largest absolute Gasteiger partial charge is 0.479 e. The van der Waals surface area contributed by atoms with E-state index in [1.807, 2.05) is 0 Å². The number of halogens is 3. The Bertz CT molecular complexity index is 475. The van der Waals surface area contributed by atoms with Crippen LogP contribution in [0.5, 0.6) is 0 Å². The summed E-state index contributed by atoms with van der Waals surface area (Å²) in [5.74, 6) is -6.06. The van der Waals surface area contributed by atoms with E-state index < -0.39 is 46.7 Å². The first-order valence-corrected chi connectivity index (χ1v) is 5.56. The van der Waals surface area contributed by atoms with Gasteiger partial charge in [0.15, 0.2) is 0 Å². The molecule has 19 heavy (non-hydrogen) atoms. The predicted octanol–water partition coefficient (Wildman–Crippen LogP) is 1.03. The maximum atomic E-state index is 13.0. The predicted molar refractivity (Wildman–Crippen MR) is 54.7 cm³/mol. The number of nitrogens with zero attached hydrogens (tertiary/aromatic N) is 1. The molecule has 0 spiro atoms. The number of hydrogen-bond donors (Lipinski definition) is 1. The van der Waals surface area contributed by atoms with Gasteiger partial charge in [-0.3, -0.25) is 14.5 Å². The molecular weight excluding hydrogens is 267 g/mol. The number of carbonyl (C=O) groups is 3. The molecule has 0 aromatic rings. The number of piperidine rings is 1. The Morgan fingerprint density at radius 3 is 1.84 bits per heavy atom. The SMILES string of the molecule is CC1(C)C2C(=O)N(C(C)(C(=O)O)C(F)(F)F)C(=O)C21. The first-order valence-electron chi connectivity index (χ1n) is 5.56. The summed E-state index contributed by atoms with van der Waals surface area (Å²) >= 11 is 0.